The van der Waals surface area contributed by atoms with Gasteiger partial charge in [-0.15, -0.1) is 10.1 Å². The van der Waals surface area contributed by atoms with Gasteiger partial charge in [0, 0.05) is 37.6 Å². The smallest absolute Gasteiger partial charge is 0.340 e. The zero-order valence-corrected chi connectivity index (χ0v) is 19.7. The van der Waals surface area contributed by atoms with Crippen LogP contribution in [0.25, 0.3) is 0 Å². The molecule has 1 amide bonds. The van der Waals surface area contributed by atoms with Crippen LogP contribution in [-0.4, -0.2) is 72.7 Å². The van der Waals surface area contributed by atoms with E-state index in [2.05, 4.69) is 10.2 Å². The Balaban J connectivity index is 1.54. The number of hydrogen-bond donors (Lipinski definition) is 2. The van der Waals surface area contributed by atoms with E-state index < -0.39 is 17.7 Å². The van der Waals surface area contributed by atoms with Gasteiger partial charge in [-0.05, 0) is 36.2 Å². The third-order valence-electron chi connectivity index (χ3n) is 5.11. The molecule has 0 saturated carbocycles. The highest BCUT2D eigenvalue weighted by atomic mass is 35.5. The number of carbonyl (C=O) groups is 2. The summed E-state index contributed by atoms with van der Waals surface area (Å²) in [5.74, 6) is -0.369. The van der Waals surface area contributed by atoms with Crippen molar-refractivity contribution >= 4 is 41.1 Å². The lowest BCUT2D eigenvalue weighted by Crippen LogP contribution is -2.50. The van der Waals surface area contributed by atoms with Gasteiger partial charge in [-0.25, -0.2) is 4.79 Å². The van der Waals surface area contributed by atoms with E-state index in [0.29, 0.717) is 60.6 Å². The summed E-state index contributed by atoms with van der Waals surface area (Å²) in [6.07, 6.45) is 1.54. The van der Waals surface area contributed by atoms with Gasteiger partial charge in [0.25, 0.3) is 11.0 Å². The van der Waals surface area contributed by atoms with Crippen molar-refractivity contribution in [3.63, 3.8) is 0 Å². The quantitative estimate of drug-likeness (QED) is 0.196. The molecule has 2 heterocycles. The van der Waals surface area contributed by atoms with E-state index in [-0.39, 0.29) is 18.1 Å². The van der Waals surface area contributed by atoms with E-state index in [1.165, 1.54) is 6.07 Å². The zero-order chi connectivity index (χ0) is 24.5. The zero-order valence-electron chi connectivity index (χ0n) is 18.1. The minimum Gasteiger partial charge on any atom is -0.467 e. The van der Waals surface area contributed by atoms with Crippen LogP contribution in [0.5, 0.6) is 0 Å². The van der Waals surface area contributed by atoms with E-state index in [9.17, 15) is 19.7 Å². The van der Waals surface area contributed by atoms with Crippen LogP contribution in [-0.2, 0) is 20.9 Å². The maximum absolute atomic E-state index is 12.8. The topological polar surface area (TPSA) is 153 Å². The molecule has 12 nitrogen and oxygen atoms in total. The average Bonchev–Trinajstić information content (AvgIpc) is 3.35. The number of ether oxygens (including phenoxy) is 1. The number of anilines is 1. The fourth-order valence-electron chi connectivity index (χ4n) is 3.32. The van der Waals surface area contributed by atoms with Gasteiger partial charge < -0.3 is 24.2 Å². The summed E-state index contributed by atoms with van der Waals surface area (Å²) in [6, 6.07) is 6.61. The van der Waals surface area contributed by atoms with Crippen molar-refractivity contribution < 1.29 is 28.7 Å². The number of rotatable bonds is 11. The summed E-state index contributed by atoms with van der Waals surface area (Å²) >= 11 is 7.13. The summed E-state index contributed by atoms with van der Waals surface area (Å²) in [5.41, 5.74) is 0.606. The molecule has 1 saturated heterocycles. The first kappa shape index (κ1) is 25.6. The molecule has 1 aromatic heterocycles. The molecule has 1 aliphatic rings. The van der Waals surface area contributed by atoms with Gasteiger partial charge in [-0.2, -0.15) is 0 Å². The van der Waals surface area contributed by atoms with Gasteiger partial charge in [0.2, 0.25) is 0 Å². The van der Waals surface area contributed by atoms with Crippen LogP contribution in [0.1, 0.15) is 16.1 Å². The summed E-state index contributed by atoms with van der Waals surface area (Å²) < 4.78 is 10.6. The highest BCUT2D eigenvalue weighted by Crippen LogP contribution is 2.31. The SMILES string of the molecule is NSc1cc(C(=O)OCC(=O)N2CCN(CCO[N+](=O)[O-])CC2)c(NCc2ccco2)cc1Cl. The third kappa shape index (κ3) is 7.25. The second-order valence-corrected chi connectivity index (χ2v) is 8.32. The molecule has 1 aliphatic heterocycles. The Hall–Kier alpha value is -3.00. The molecule has 184 valence electrons. The number of furan rings is 1. The first-order chi connectivity index (χ1) is 16.4. The number of nitrogens with two attached hydrogens (primary N) is 1. The minimum atomic E-state index is -0.831. The molecule has 1 fully saturated rings. The van der Waals surface area contributed by atoms with Crippen LogP contribution in [0.2, 0.25) is 5.02 Å². The van der Waals surface area contributed by atoms with Crippen molar-refractivity contribution in [2.75, 3.05) is 51.3 Å². The molecule has 0 spiro atoms. The molecule has 0 unspecified atom stereocenters. The molecule has 0 aliphatic carbocycles. The minimum absolute atomic E-state index is 0.0288. The van der Waals surface area contributed by atoms with Crippen LogP contribution in [0, 0.1) is 10.1 Å². The Morgan fingerprint density at radius 1 is 1.29 bits per heavy atom. The monoisotopic (exact) mass is 513 g/mol. The summed E-state index contributed by atoms with van der Waals surface area (Å²) in [5, 5.41) is 18.5. The standard InChI is InChI=1S/C20H24ClN5O7S/c21-16-11-17(23-12-14-2-1-8-31-14)15(10-18(16)34-22)20(28)32-13-19(27)25-5-3-24(4-6-25)7-9-33-26(29)30/h1-2,8,10-11,23H,3-7,9,12-13,22H2. The maximum atomic E-state index is 12.8. The van der Waals surface area contributed by atoms with Crippen molar-refractivity contribution in [2.45, 2.75) is 11.4 Å². The molecule has 14 heteroatoms. The number of amides is 1. The molecule has 0 bridgehead atoms. The molecule has 1 aromatic carbocycles. The number of benzene rings is 1. The number of nitrogens with zero attached hydrogens (tertiary/aromatic N) is 3. The van der Waals surface area contributed by atoms with Crippen LogP contribution in [0.3, 0.4) is 0 Å². The summed E-state index contributed by atoms with van der Waals surface area (Å²) in [6.45, 7) is 2.16. The Labute approximate surface area is 204 Å². The predicted molar refractivity (Wildman–Crippen MR) is 124 cm³/mol. The molecule has 2 aromatic rings. The number of esters is 1. The predicted octanol–water partition coefficient (Wildman–Crippen LogP) is 2.02. The second-order valence-electron chi connectivity index (χ2n) is 7.23. The van der Waals surface area contributed by atoms with Crippen molar-refractivity contribution in [2.24, 2.45) is 5.14 Å². The molecule has 34 heavy (non-hydrogen) atoms. The number of carbonyl (C=O) groups excluding carboxylic acids is 2. The molecular weight excluding hydrogens is 490 g/mol. The fourth-order valence-corrected chi connectivity index (χ4v) is 3.97. The highest BCUT2D eigenvalue weighted by Gasteiger charge is 2.23. The largest absolute Gasteiger partial charge is 0.467 e. The van der Waals surface area contributed by atoms with Crippen LogP contribution < -0.4 is 10.5 Å². The molecule has 3 rings (SSSR count). The van der Waals surface area contributed by atoms with Crippen LogP contribution in [0.15, 0.2) is 39.8 Å². The average molecular weight is 514 g/mol. The Kier molecular flexibility index (Phi) is 9.39. The molecule has 3 N–H and O–H groups in total. The second kappa shape index (κ2) is 12.5. The van der Waals surface area contributed by atoms with E-state index in [1.54, 1.807) is 29.4 Å². The van der Waals surface area contributed by atoms with Gasteiger partial charge in [0.15, 0.2) is 6.61 Å². The van der Waals surface area contributed by atoms with Crippen molar-refractivity contribution in [3.05, 3.63) is 57.0 Å². The number of nitrogens with one attached hydrogen (secondary N) is 1. The lowest BCUT2D eigenvalue weighted by atomic mass is 10.1. The van der Waals surface area contributed by atoms with E-state index >= 15 is 0 Å². The van der Waals surface area contributed by atoms with E-state index in [4.69, 9.17) is 25.9 Å². The van der Waals surface area contributed by atoms with Crippen LogP contribution >= 0.6 is 23.5 Å². The van der Waals surface area contributed by atoms with Gasteiger partial charge in [0.05, 0.1) is 29.1 Å². The first-order valence-electron chi connectivity index (χ1n) is 10.3. The van der Waals surface area contributed by atoms with Crippen molar-refractivity contribution in [1.29, 1.82) is 0 Å². The fraction of sp³-hybridized carbons (Fsp3) is 0.400. The number of piperazine rings is 1. The lowest BCUT2D eigenvalue weighted by molar-refractivity contribution is -0.757. The maximum Gasteiger partial charge on any atom is 0.340 e. The van der Waals surface area contributed by atoms with Crippen molar-refractivity contribution in [3.8, 4) is 0 Å². The van der Waals surface area contributed by atoms with E-state index in [0.717, 1.165) is 11.9 Å². The number of hydrogen-bond acceptors (Lipinski definition) is 11. The first-order valence-corrected chi connectivity index (χ1v) is 11.5. The van der Waals surface area contributed by atoms with E-state index in [1.807, 2.05) is 4.90 Å². The molecular formula is C20H24ClN5O7S. The van der Waals surface area contributed by atoms with Crippen LogP contribution in [0.4, 0.5) is 5.69 Å². The number of halogens is 1. The van der Waals surface area contributed by atoms with Crippen molar-refractivity contribution in [1.82, 2.24) is 9.80 Å². The molecule has 0 atom stereocenters. The van der Waals surface area contributed by atoms with Gasteiger partial charge in [-0.1, -0.05) is 11.6 Å². The molecule has 0 radical (unpaired) electrons. The normalized spacial score (nSPS) is 14.0. The summed E-state index contributed by atoms with van der Waals surface area (Å²) in [4.78, 5) is 43.9. The lowest BCUT2D eigenvalue weighted by Gasteiger charge is -2.34. The third-order valence-corrected chi connectivity index (χ3v) is 6.12. The summed E-state index contributed by atoms with van der Waals surface area (Å²) in [7, 11) is 0. The Bertz CT molecular complexity index is 999. The Morgan fingerprint density at radius 2 is 2.06 bits per heavy atom. The van der Waals surface area contributed by atoms with Gasteiger partial charge in [-0.3, -0.25) is 14.8 Å². The highest BCUT2D eigenvalue weighted by molar-refractivity contribution is 7.97. The van der Waals surface area contributed by atoms with Gasteiger partial charge in [0.1, 0.15) is 12.4 Å². The van der Waals surface area contributed by atoms with Gasteiger partial charge >= 0.3 is 5.97 Å². The Morgan fingerprint density at radius 3 is 2.71 bits per heavy atom.